The van der Waals surface area contributed by atoms with E-state index in [0.29, 0.717) is 35.3 Å². The SMILES string of the molecule is Cc1cc(F)ccc1-c1ccc(C(=O)N2CCC(N3CCCC3C(N)=O)CC2)cc1F. The van der Waals surface area contributed by atoms with Crippen LogP contribution in [0, 0.1) is 18.6 Å². The maximum atomic E-state index is 14.8. The van der Waals surface area contributed by atoms with Crippen LogP contribution in [-0.2, 0) is 4.79 Å². The van der Waals surface area contributed by atoms with Crippen molar-refractivity contribution in [3.05, 3.63) is 59.2 Å². The molecule has 2 aliphatic heterocycles. The van der Waals surface area contributed by atoms with Gasteiger partial charge in [-0.2, -0.15) is 0 Å². The molecule has 0 bridgehead atoms. The molecule has 164 valence electrons. The van der Waals surface area contributed by atoms with Crippen molar-refractivity contribution in [3.63, 3.8) is 0 Å². The van der Waals surface area contributed by atoms with Gasteiger partial charge in [0.2, 0.25) is 5.91 Å². The Morgan fingerprint density at radius 3 is 2.32 bits per heavy atom. The molecule has 2 heterocycles. The van der Waals surface area contributed by atoms with E-state index >= 15 is 0 Å². The molecule has 2 aliphatic rings. The summed E-state index contributed by atoms with van der Waals surface area (Å²) in [5, 5.41) is 0. The van der Waals surface area contributed by atoms with Crippen LogP contribution in [0.25, 0.3) is 11.1 Å². The second-order valence-electron chi connectivity index (χ2n) is 8.48. The highest BCUT2D eigenvalue weighted by Crippen LogP contribution is 2.29. The van der Waals surface area contributed by atoms with Crippen LogP contribution in [0.3, 0.4) is 0 Å². The fourth-order valence-corrected chi connectivity index (χ4v) is 4.91. The first-order valence-electron chi connectivity index (χ1n) is 10.8. The molecule has 2 N–H and O–H groups in total. The molecule has 2 amide bonds. The summed E-state index contributed by atoms with van der Waals surface area (Å²) >= 11 is 0. The fraction of sp³-hybridized carbons (Fsp3) is 0.417. The molecular formula is C24H27F2N3O2. The molecule has 0 saturated carbocycles. The van der Waals surface area contributed by atoms with Crippen molar-refractivity contribution < 1.29 is 18.4 Å². The lowest BCUT2D eigenvalue weighted by Gasteiger charge is -2.38. The summed E-state index contributed by atoms with van der Waals surface area (Å²) in [6.07, 6.45) is 3.30. The zero-order valence-electron chi connectivity index (χ0n) is 17.6. The normalized spacial score (nSPS) is 20.2. The number of piperidine rings is 1. The molecule has 31 heavy (non-hydrogen) atoms. The number of carbonyl (C=O) groups excluding carboxylic acids is 2. The van der Waals surface area contributed by atoms with Gasteiger partial charge < -0.3 is 10.6 Å². The lowest BCUT2D eigenvalue weighted by atomic mass is 9.97. The van der Waals surface area contributed by atoms with Gasteiger partial charge >= 0.3 is 0 Å². The van der Waals surface area contributed by atoms with E-state index in [1.165, 1.54) is 18.2 Å². The topological polar surface area (TPSA) is 66.6 Å². The molecule has 2 aromatic rings. The minimum atomic E-state index is -0.503. The lowest BCUT2D eigenvalue weighted by Crippen LogP contribution is -2.51. The van der Waals surface area contributed by atoms with Gasteiger partial charge in [0.05, 0.1) is 6.04 Å². The van der Waals surface area contributed by atoms with E-state index in [2.05, 4.69) is 4.90 Å². The molecule has 0 aromatic heterocycles. The fourth-order valence-electron chi connectivity index (χ4n) is 4.91. The number of halogens is 2. The maximum absolute atomic E-state index is 14.8. The molecule has 1 atom stereocenters. The number of aryl methyl sites for hydroxylation is 1. The molecule has 0 radical (unpaired) electrons. The summed E-state index contributed by atoms with van der Waals surface area (Å²) in [4.78, 5) is 28.5. The van der Waals surface area contributed by atoms with Crippen LogP contribution in [0.5, 0.6) is 0 Å². The third-order valence-electron chi connectivity index (χ3n) is 6.54. The number of nitrogens with zero attached hydrogens (tertiary/aromatic N) is 2. The van der Waals surface area contributed by atoms with E-state index in [9.17, 15) is 18.4 Å². The van der Waals surface area contributed by atoms with Crippen LogP contribution in [0.1, 0.15) is 41.6 Å². The van der Waals surface area contributed by atoms with E-state index in [1.807, 2.05) is 0 Å². The van der Waals surface area contributed by atoms with Crippen molar-refractivity contribution in [2.45, 2.75) is 44.7 Å². The summed E-state index contributed by atoms with van der Waals surface area (Å²) in [6, 6.07) is 8.71. The molecule has 2 saturated heterocycles. The lowest BCUT2D eigenvalue weighted by molar-refractivity contribution is -0.123. The van der Waals surface area contributed by atoms with Crippen molar-refractivity contribution in [2.75, 3.05) is 19.6 Å². The van der Waals surface area contributed by atoms with E-state index < -0.39 is 5.82 Å². The van der Waals surface area contributed by atoms with Gasteiger partial charge in [0.15, 0.2) is 0 Å². The number of primary amides is 1. The predicted octanol–water partition coefficient (Wildman–Crippen LogP) is 3.49. The summed E-state index contributed by atoms with van der Waals surface area (Å²) in [6.45, 7) is 3.71. The smallest absolute Gasteiger partial charge is 0.253 e. The molecule has 0 spiro atoms. The largest absolute Gasteiger partial charge is 0.368 e. The van der Waals surface area contributed by atoms with Crippen LogP contribution in [0.4, 0.5) is 8.78 Å². The molecule has 1 unspecified atom stereocenters. The molecule has 7 heteroatoms. The monoisotopic (exact) mass is 427 g/mol. The second-order valence-corrected chi connectivity index (χ2v) is 8.48. The molecule has 2 fully saturated rings. The Morgan fingerprint density at radius 2 is 1.68 bits per heavy atom. The predicted molar refractivity (Wildman–Crippen MR) is 114 cm³/mol. The van der Waals surface area contributed by atoms with E-state index in [4.69, 9.17) is 5.73 Å². The van der Waals surface area contributed by atoms with Gasteiger partial charge in [0.25, 0.3) is 5.91 Å². The van der Waals surface area contributed by atoms with Gasteiger partial charge in [0.1, 0.15) is 11.6 Å². The van der Waals surface area contributed by atoms with Gasteiger partial charge in [-0.25, -0.2) is 8.78 Å². The highest BCUT2D eigenvalue weighted by atomic mass is 19.1. The summed E-state index contributed by atoms with van der Waals surface area (Å²) < 4.78 is 28.2. The van der Waals surface area contributed by atoms with E-state index in [1.54, 1.807) is 30.0 Å². The second kappa shape index (κ2) is 8.75. The van der Waals surface area contributed by atoms with Crippen LogP contribution in [-0.4, -0.2) is 53.3 Å². The third-order valence-corrected chi connectivity index (χ3v) is 6.54. The van der Waals surface area contributed by atoms with Crippen molar-refractivity contribution >= 4 is 11.8 Å². The zero-order valence-corrected chi connectivity index (χ0v) is 17.6. The minimum Gasteiger partial charge on any atom is -0.368 e. The average molecular weight is 427 g/mol. The Hall–Kier alpha value is -2.80. The van der Waals surface area contributed by atoms with E-state index in [-0.39, 0.29) is 29.7 Å². The van der Waals surface area contributed by atoms with Crippen molar-refractivity contribution in [1.29, 1.82) is 0 Å². The number of amides is 2. The molecule has 5 nitrogen and oxygen atoms in total. The Balaban J connectivity index is 1.43. The third kappa shape index (κ3) is 4.32. The van der Waals surface area contributed by atoms with E-state index in [0.717, 1.165) is 32.2 Å². The highest BCUT2D eigenvalue weighted by molar-refractivity contribution is 5.95. The number of hydrogen-bond donors (Lipinski definition) is 1. The Kier molecular flexibility index (Phi) is 6.05. The van der Waals surface area contributed by atoms with Crippen LogP contribution in [0.2, 0.25) is 0 Å². The molecule has 0 aliphatic carbocycles. The van der Waals surface area contributed by atoms with Gasteiger partial charge in [-0.15, -0.1) is 0 Å². The van der Waals surface area contributed by atoms with Gasteiger partial charge in [-0.05, 0) is 74.5 Å². The van der Waals surface area contributed by atoms with Crippen molar-refractivity contribution in [1.82, 2.24) is 9.80 Å². The summed E-state index contributed by atoms with van der Waals surface area (Å²) in [7, 11) is 0. The standard InChI is InChI=1S/C24H27F2N3O2/c1-15-13-17(25)5-7-19(15)20-6-4-16(14-21(20)26)24(31)28-11-8-18(9-12-28)29-10-2-3-22(29)23(27)30/h4-7,13-14,18,22H,2-3,8-12H2,1H3,(H2,27,30). The zero-order chi connectivity index (χ0) is 22.1. The first kappa shape index (κ1) is 21.4. The Labute approximate surface area is 180 Å². The first-order valence-corrected chi connectivity index (χ1v) is 10.8. The number of rotatable bonds is 4. The summed E-state index contributed by atoms with van der Waals surface area (Å²) in [5.41, 5.74) is 7.42. The first-order chi connectivity index (χ1) is 14.8. The van der Waals surface area contributed by atoms with Crippen LogP contribution < -0.4 is 5.73 Å². The number of hydrogen-bond acceptors (Lipinski definition) is 3. The number of nitrogens with two attached hydrogens (primary N) is 1. The molecular weight excluding hydrogens is 400 g/mol. The highest BCUT2D eigenvalue weighted by Gasteiger charge is 2.36. The maximum Gasteiger partial charge on any atom is 0.253 e. The Morgan fingerprint density at radius 1 is 0.968 bits per heavy atom. The number of carbonyl (C=O) groups is 2. The molecule has 4 rings (SSSR count). The molecule has 2 aromatic carbocycles. The quantitative estimate of drug-likeness (QED) is 0.812. The Bertz CT molecular complexity index is 1000. The van der Waals surface area contributed by atoms with Crippen molar-refractivity contribution in [3.8, 4) is 11.1 Å². The van der Waals surface area contributed by atoms with Crippen LogP contribution >= 0.6 is 0 Å². The average Bonchev–Trinajstić information content (AvgIpc) is 3.24. The van der Waals surface area contributed by atoms with Gasteiger partial charge in [-0.1, -0.05) is 12.1 Å². The summed E-state index contributed by atoms with van der Waals surface area (Å²) in [5.74, 6) is -1.35. The number of benzene rings is 2. The number of likely N-dealkylation sites (tertiary alicyclic amines) is 2. The van der Waals surface area contributed by atoms with Crippen molar-refractivity contribution in [2.24, 2.45) is 5.73 Å². The minimum absolute atomic E-state index is 0.201. The van der Waals surface area contributed by atoms with Gasteiger partial charge in [0, 0.05) is 30.3 Å². The van der Waals surface area contributed by atoms with Crippen LogP contribution in [0.15, 0.2) is 36.4 Å². The van der Waals surface area contributed by atoms with Gasteiger partial charge in [-0.3, -0.25) is 14.5 Å².